The van der Waals surface area contributed by atoms with Crippen LogP contribution in [0.25, 0.3) is 0 Å². The van der Waals surface area contributed by atoms with E-state index in [1.807, 2.05) is 24.3 Å². The van der Waals surface area contributed by atoms with Gasteiger partial charge < -0.3 is 5.73 Å². The molecule has 1 nitrogen and oxygen atoms in total. The first-order valence-electron chi connectivity index (χ1n) is 7.75. The Morgan fingerprint density at radius 2 is 1.59 bits per heavy atom. The van der Waals surface area contributed by atoms with E-state index in [4.69, 9.17) is 17.3 Å². The lowest BCUT2D eigenvalue weighted by Gasteiger charge is -2.28. The number of benzene rings is 2. The number of para-hydroxylation sites is 1. The molecule has 0 radical (unpaired) electrons. The number of halogens is 1. The zero-order valence-corrected chi connectivity index (χ0v) is 15.0. The second kappa shape index (κ2) is 5.96. The van der Waals surface area contributed by atoms with Crippen molar-refractivity contribution in [2.75, 3.05) is 5.73 Å². The van der Waals surface area contributed by atoms with Gasteiger partial charge >= 0.3 is 0 Å². The minimum atomic E-state index is -0.0640. The van der Waals surface area contributed by atoms with Crippen LogP contribution in [-0.2, 0) is 17.3 Å². The summed E-state index contributed by atoms with van der Waals surface area (Å²) in [5.74, 6) is 0. The molecule has 22 heavy (non-hydrogen) atoms. The lowest BCUT2D eigenvalue weighted by molar-refractivity contribution is 0.522. The average molecular weight is 316 g/mol. The Bertz CT molecular complexity index is 666. The van der Waals surface area contributed by atoms with Crippen LogP contribution in [0.4, 0.5) is 5.69 Å². The van der Waals surface area contributed by atoms with Crippen molar-refractivity contribution in [3.63, 3.8) is 0 Å². The summed E-state index contributed by atoms with van der Waals surface area (Å²) in [7, 11) is 0. The van der Waals surface area contributed by atoms with Crippen LogP contribution in [0, 0.1) is 0 Å². The van der Waals surface area contributed by atoms with Crippen LogP contribution >= 0.6 is 11.6 Å². The maximum atomic E-state index is 6.45. The van der Waals surface area contributed by atoms with E-state index in [9.17, 15) is 0 Å². The molecule has 0 aromatic heterocycles. The maximum Gasteiger partial charge on any atom is 0.0438 e. The summed E-state index contributed by atoms with van der Waals surface area (Å²) in [5, 5.41) is 0.829. The second-order valence-electron chi connectivity index (χ2n) is 7.70. The molecule has 0 saturated carbocycles. The lowest BCUT2D eigenvalue weighted by Crippen LogP contribution is -2.23. The van der Waals surface area contributed by atoms with Crippen molar-refractivity contribution in [2.45, 2.75) is 51.9 Å². The molecular formula is C20H26ClN. The molecule has 0 saturated heterocycles. The Morgan fingerprint density at radius 1 is 0.955 bits per heavy atom. The minimum absolute atomic E-state index is 0.0640. The fraction of sp³-hybridized carbons (Fsp3) is 0.400. The normalized spacial score (nSPS) is 12.5. The Labute approximate surface area is 139 Å². The Balaban J connectivity index is 2.39. The highest BCUT2D eigenvalue weighted by Gasteiger charge is 2.25. The summed E-state index contributed by atoms with van der Waals surface area (Å²) < 4.78 is 0. The number of nitrogen functional groups attached to an aromatic ring is 1. The zero-order chi connectivity index (χ0) is 16.5. The summed E-state index contributed by atoms with van der Waals surface area (Å²) in [6.45, 7) is 11.1. The predicted molar refractivity (Wildman–Crippen MR) is 97.7 cm³/mol. The monoisotopic (exact) mass is 315 g/mol. The lowest BCUT2D eigenvalue weighted by atomic mass is 9.77. The molecule has 0 heterocycles. The van der Waals surface area contributed by atoms with Crippen molar-refractivity contribution in [2.24, 2.45) is 0 Å². The van der Waals surface area contributed by atoms with Gasteiger partial charge in [-0.1, -0.05) is 76.6 Å². The molecule has 2 heteroatoms. The van der Waals surface area contributed by atoms with Gasteiger partial charge in [0.05, 0.1) is 0 Å². The van der Waals surface area contributed by atoms with E-state index in [0.717, 1.165) is 17.1 Å². The van der Waals surface area contributed by atoms with Gasteiger partial charge in [0.1, 0.15) is 0 Å². The number of anilines is 1. The van der Waals surface area contributed by atoms with Gasteiger partial charge in [-0.15, -0.1) is 0 Å². The molecule has 118 valence electrons. The van der Waals surface area contributed by atoms with Crippen LogP contribution in [0.5, 0.6) is 0 Å². The van der Waals surface area contributed by atoms with E-state index in [1.165, 1.54) is 16.7 Å². The van der Waals surface area contributed by atoms with Gasteiger partial charge in [0.25, 0.3) is 0 Å². The van der Waals surface area contributed by atoms with Crippen molar-refractivity contribution < 1.29 is 0 Å². The minimum Gasteiger partial charge on any atom is -0.398 e. The first-order chi connectivity index (χ1) is 10.1. The van der Waals surface area contributed by atoms with E-state index in [0.29, 0.717) is 0 Å². The molecule has 2 N–H and O–H groups in total. The van der Waals surface area contributed by atoms with Crippen molar-refractivity contribution in [1.29, 1.82) is 0 Å². The first-order valence-corrected chi connectivity index (χ1v) is 8.13. The van der Waals surface area contributed by atoms with Crippen molar-refractivity contribution in [3.8, 4) is 0 Å². The quantitative estimate of drug-likeness (QED) is 0.718. The summed E-state index contributed by atoms with van der Waals surface area (Å²) in [5.41, 5.74) is 10.7. The third kappa shape index (κ3) is 3.64. The Kier molecular flexibility index (Phi) is 4.58. The average Bonchev–Trinajstić information content (AvgIpc) is 2.40. The molecule has 0 aliphatic heterocycles. The standard InChI is InChI=1S/C20H26ClN/c1-19(2,3)15-10-11-17(21)14(12-15)13-20(4,5)16-8-6-7-9-18(16)22/h6-12H,13,22H2,1-5H3. The third-order valence-corrected chi connectivity index (χ3v) is 4.60. The fourth-order valence-corrected chi connectivity index (χ4v) is 3.05. The summed E-state index contributed by atoms with van der Waals surface area (Å²) in [4.78, 5) is 0. The molecule has 0 aliphatic rings. The Morgan fingerprint density at radius 3 is 2.18 bits per heavy atom. The third-order valence-electron chi connectivity index (χ3n) is 4.23. The van der Waals surface area contributed by atoms with Crippen LogP contribution < -0.4 is 5.73 Å². The molecule has 0 fully saturated rings. The zero-order valence-electron chi connectivity index (χ0n) is 14.2. The molecule has 0 bridgehead atoms. The van der Waals surface area contributed by atoms with E-state index < -0.39 is 0 Å². The molecule has 0 atom stereocenters. The molecule has 2 aromatic carbocycles. The van der Waals surface area contributed by atoms with Gasteiger partial charge in [-0.25, -0.2) is 0 Å². The SMILES string of the molecule is CC(C)(C)c1ccc(Cl)c(CC(C)(C)c2ccccc2N)c1. The van der Waals surface area contributed by atoms with Crippen molar-refractivity contribution in [3.05, 3.63) is 64.2 Å². The maximum absolute atomic E-state index is 6.45. The van der Waals surface area contributed by atoms with E-state index in [2.05, 4.69) is 52.8 Å². The van der Waals surface area contributed by atoms with E-state index >= 15 is 0 Å². The molecule has 0 spiro atoms. The molecule has 2 rings (SSSR count). The van der Waals surface area contributed by atoms with E-state index in [1.54, 1.807) is 0 Å². The van der Waals surface area contributed by atoms with Crippen LogP contribution in [0.3, 0.4) is 0 Å². The topological polar surface area (TPSA) is 26.0 Å². The first kappa shape index (κ1) is 16.9. The Hall–Kier alpha value is -1.47. The van der Waals surface area contributed by atoms with Gasteiger partial charge in [0.15, 0.2) is 0 Å². The van der Waals surface area contributed by atoms with Crippen LogP contribution in [-0.4, -0.2) is 0 Å². The fourth-order valence-electron chi connectivity index (χ4n) is 2.86. The molecule has 2 aromatic rings. The predicted octanol–water partition coefficient (Wildman–Crippen LogP) is 5.74. The largest absolute Gasteiger partial charge is 0.398 e. The van der Waals surface area contributed by atoms with Gasteiger partial charge in [-0.05, 0) is 46.1 Å². The van der Waals surface area contributed by atoms with Crippen LogP contribution in [0.15, 0.2) is 42.5 Å². The molecule has 0 aliphatic carbocycles. The molecule has 0 amide bonds. The summed E-state index contributed by atoms with van der Waals surface area (Å²) >= 11 is 6.45. The number of rotatable bonds is 3. The highest BCUT2D eigenvalue weighted by Crippen LogP contribution is 2.35. The molecular weight excluding hydrogens is 290 g/mol. The van der Waals surface area contributed by atoms with Gasteiger partial charge in [-0.2, -0.15) is 0 Å². The van der Waals surface area contributed by atoms with E-state index in [-0.39, 0.29) is 10.8 Å². The van der Waals surface area contributed by atoms with Gasteiger partial charge in [0.2, 0.25) is 0 Å². The highest BCUT2D eigenvalue weighted by atomic mass is 35.5. The van der Waals surface area contributed by atoms with Gasteiger partial charge in [-0.3, -0.25) is 0 Å². The second-order valence-corrected chi connectivity index (χ2v) is 8.11. The number of hydrogen-bond acceptors (Lipinski definition) is 1. The number of nitrogens with two attached hydrogens (primary N) is 1. The van der Waals surface area contributed by atoms with Crippen molar-refractivity contribution >= 4 is 17.3 Å². The van der Waals surface area contributed by atoms with Crippen LogP contribution in [0.1, 0.15) is 51.3 Å². The molecule has 0 unspecified atom stereocenters. The highest BCUT2D eigenvalue weighted by molar-refractivity contribution is 6.31. The van der Waals surface area contributed by atoms with Gasteiger partial charge in [0, 0.05) is 10.7 Å². The summed E-state index contributed by atoms with van der Waals surface area (Å²) in [6.07, 6.45) is 0.865. The van der Waals surface area contributed by atoms with Crippen molar-refractivity contribution in [1.82, 2.24) is 0 Å². The smallest absolute Gasteiger partial charge is 0.0438 e. The summed E-state index contributed by atoms with van der Waals surface area (Å²) in [6, 6.07) is 14.5. The number of hydrogen-bond donors (Lipinski definition) is 1. The van der Waals surface area contributed by atoms with Crippen LogP contribution in [0.2, 0.25) is 5.02 Å².